The van der Waals surface area contributed by atoms with Gasteiger partial charge in [-0.25, -0.2) is 0 Å². The van der Waals surface area contributed by atoms with Gasteiger partial charge in [-0.15, -0.1) is 0 Å². The largest absolute Gasteiger partial charge is 0.398 e. The van der Waals surface area contributed by atoms with Crippen molar-refractivity contribution in [1.29, 1.82) is 0 Å². The SMILES string of the molecule is CCCN1CCOC(C(O)Cc2cnccc2N)C1. The van der Waals surface area contributed by atoms with Gasteiger partial charge >= 0.3 is 0 Å². The van der Waals surface area contributed by atoms with E-state index in [2.05, 4.69) is 16.8 Å². The Labute approximate surface area is 114 Å². The van der Waals surface area contributed by atoms with Crippen LogP contribution in [0.3, 0.4) is 0 Å². The van der Waals surface area contributed by atoms with E-state index in [-0.39, 0.29) is 6.10 Å². The van der Waals surface area contributed by atoms with E-state index in [9.17, 15) is 5.11 Å². The Balaban J connectivity index is 1.92. The molecule has 3 N–H and O–H groups in total. The van der Waals surface area contributed by atoms with Crippen LogP contribution in [-0.4, -0.2) is 53.4 Å². The summed E-state index contributed by atoms with van der Waals surface area (Å²) >= 11 is 0. The lowest BCUT2D eigenvalue weighted by molar-refractivity contribution is -0.0877. The zero-order valence-corrected chi connectivity index (χ0v) is 11.5. The molecule has 5 heteroatoms. The lowest BCUT2D eigenvalue weighted by Crippen LogP contribution is -2.48. The van der Waals surface area contributed by atoms with Crippen molar-refractivity contribution in [3.8, 4) is 0 Å². The first-order valence-electron chi connectivity index (χ1n) is 6.91. The number of pyridine rings is 1. The van der Waals surface area contributed by atoms with Crippen molar-refractivity contribution in [2.75, 3.05) is 32.0 Å². The number of hydrogen-bond donors (Lipinski definition) is 2. The van der Waals surface area contributed by atoms with Gasteiger partial charge in [-0.2, -0.15) is 0 Å². The van der Waals surface area contributed by atoms with Crippen LogP contribution in [0.1, 0.15) is 18.9 Å². The van der Waals surface area contributed by atoms with Crippen LogP contribution < -0.4 is 5.73 Å². The average Bonchev–Trinajstić information content (AvgIpc) is 2.42. The van der Waals surface area contributed by atoms with Crippen LogP contribution in [-0.2, 0) is 11.2 Å². The molecule has 5 nitrogen and oxygen atoms in total. The van der Waals surface area contributed by atoms with Crippen molar-refractivity contribution in [2.45, 2.75) is 32.0 Å². The second kappa shape index (κ2) is 6.84. The lowest BCUT2D eigenvalue weighted by Gasteiger charge is -2.35. The molecule has 0 spiro atoms. The van der Waals surface area contributed by atoms with Gasteiger partial charge in [-0.3, -0.25) is 9.88 Å². The minimum absolute atomic E-state index is 0.139. The van der Waals surface area contributed by atoms with Gasteiger partial charge in [-0.05, 0) is 24.6 Å². The topological polar surface area (TPSA) is 71.6 Å². The summed E-state index contributed by atoms with van der Waals surface area (Å²) in [7, 11) is 0. The molecule has 0 saturated carbocycles. The second-order valence-electron chi connectivity index (χ2n) is 5.06. The minimum Gasteiger partial charge on any atom is -0.398 e. The molecule has 0 aliphatic carbocycles. The van der Waals surface area contributed by atoms with Crippen LogP contribution in [0.15, 0.2) is 18.5 Å². The van der Waals surface area contributed by atoms with Gasteiger partial charge in [0.1, 0.15) is 0 Å². The Bertz CT molecular complexity index is 398. The average molecular weight is 265 g/mol. The van der Waals surface area contributed by atoms with Crippen LogP contribution in [0.2, 0.25) is 0 Å². The van der Waals surface area contributed by atoms with Crippen molar-refractivity contribution in [3.63, 3.8) is 0 Å². The smallest absolute Gasteiger partial charge is 0.0964 e. The number of rotatable bonds is 5. The summed E-state index contributed by atoms with van der Waals surface area (Å²) < 4.78 is 5.68. The number of aromatic nitrogens is 1. The van der Waals surface area contributed by atoms with Crippen molar-refractivity contribution in [3.05, 3.63) is 24.0 Å². The molecule has 1 fully saturated rings. The maximum Gasteiger partial charge on any atom is 0.0964 e. The Kier molecular flexibility index (Phi) is 5.13. The summed E-state index contributed by atoms with van der Waals surface area (Å²) in [5.74, 6) is 0. The molecule has 2 rings (SSSR count). The third kappa shape index (κ3) is 3.89. The molecule has 106 valence electrons. The quantitative estimate of drug-likeness (QED) is 0.819. The van der Waals surface area contributed by atoms with Gasteiger partial charge in [0.05, 0.1) is 18.8 Å². The summed E-state index contributed by atoms with van der Waals surface area (Å²) in [6, 6.07) is 1.76. The summed E-state index contributed by atoms with van der Waals surface area (Å²) in [4.78, 5) is 6.38. The highest BCUT2D eigenvalue weighted by molar-refractivity contribution is 5.44. The number of nitrogens with zero attached hydrogens (tertiary/aromatic N) is 2. The first-order chi connectivity index (χ1) is 9.20. The fourth-order valence-corrected chi connectivity index (χ4v) is 2.45. The summed E-state index contributed by atoms with van der Waals surface area (Å²) in [5.41, 5.74) is 7.43. The number of ether oxygens (including phenoxy) is 1. The van der Waals surface area contributed by atoms with Gasteiger partial charge < -0.3 is 15.6 Å². The highest BCUT2D eigenvalue weighted by Crippen LogP contribution is 2.16. The van der Waals surface area contributed by atoms with E-state index in [4.69, 9.17) is 10.5 Å². The zero-order valence-electron chi connectivity index (χ0n) is 11.5. The Morgan fingerprint density at radius 2 is 2.47 bits per heavy atom. The van der Waals surface area contributed by atoms with E-state index in [1.807, 2.05) is 0 Å². The van der Waals surface area contributed by atoms with Crippen LogP contribution in [0.25, 0.3) is 0 Å². The van der Waals surface area contributed by atoms with Crippen LogP contribution in [0.5, 0.6) is 0 Å². The summed E-state index contributed by atoms with van der Waals surface area (Å²) in [6.07, 6.45) is 4.31. The van der Waals surface area contributed by atoms with Crippen molar-refractivity contribution < 1.29 is 9.84 Å². The van der Waals surface area contributed by atoms with E-state index >= 15 is 0 Å². The highest BCUT2D eigenvalue weighted by Gasteiger charge is 2.26. The Morgan fingerprint density at radius 1 is 1.63 bits per heavy atom. The van der Waals surface area contributed by atoms with Crippen LogP contribution in [0.4, 0.5) is 5.69 Å². The van der Waals surface area contributed by atoms with Gasteiger partial charge in [0.2, 0.25) is 0 Å². The number of anilines is 1. The maximum atomic E-state index is 10.3. The third-order valence-electron chi connectivity index (χ3n) is 3.52. The molecule has 1 saturated heterocycles. The van der Waals surface area contributed by atoms with Gasteiger partial charge in [0, 0.05) is 37.6 Å². The van der Waals surface area contributed by atoms with Crippen molar-refractivity contribution in [2.24, 2.45) is 0 Å². The maximum absolute atomic E-state index is 10.3. The predicted octanol–water partition coefficient (Wildman–Crippen LogP) is 0.678. The van der Waals surface area contributed by atoms with Crippen LogP contribution in [0, 0.1) is 0 Å². The number of morpholine rings is 1. The van der Waals surface area contributed by atoms with E-state index in [1.165, 1.54) is 0 Å². The Hall–Kier alpha value is -1.17. The van der Waals surface area contributed by atoms with Crippen LogP contribution >= 0.6 is 0 Å². The standard InChI is InChI=1S/C14H23N3O2/c1-2-5-17-6-7-19-14(10-17)13(18)8-11-9-16-4-3-12(11)15/h3-4,9,13-14,18H,2,5-8,10H2,1H3,(H2,15,16). The predicted molar refractivity (Wildman–Crippen MR) is 74.8 cm³/mol. The van der Waals surface area contributed by atoms with Gasteiger partial charge in [0.15, 0.2) is 0 Å². The molecular formula is C14H23N3O2. The van der Waals surface area contributed by atoms with E-state index < -0.39 is 6.10 Å². The van der Waals surface area contributed by atoms with E-state index in [1.54, 1.807) is 18.5 Å². The van der Waals surface area contributed by atoms with E-state index in [0.29, 0.717) is 18.7 Å². The first kappa shape index (κ1) is 14.2. The molecule has 2 atom stereocenters. The molecule has 0 radical (unpaired) electrons. The Morgan fingerprint density at radius 3 is 3.21 bits per heavy atom. The van der Waals surface area contributed by atoms with E-state index in [0.717, 1.165) is 31.6 Å². The lowest BCUT2D eigenvalue weighted by atomic mass is 10.0. The number of nitrogen functional groups attached to an aromatic ring is 1. The third-order valence-corrected chi connectivity index (χ3v) is 3.52. The molecule has 1 aromatic rings. The molecule has 19 heavy (non-hydrogen) atoms. The first-order valence-corrected chi connectivity index (χ1v) is 6.91. The summed E-state index contributed by atoms with van der Waals surface area (Å²) in [5, 5.41) is 10.3. The zero-order chi connectivity index (χ0) is 13.7. The number of nitrogens with two attached hydrogens (primary N) is 1. The molecule has 0 bridgehead atoms. The second-order valence-corrected chi connectivity index (χ2v) is 5.06. The molecular weight excluding hydrogens is 242 g/mol. The van der Waals surface area contributed by atoms with Gasteiger partial charge in [0.25, 0.3) is 0 Å². The molecule has 2 heterocycles. The molecule has 1 aromatic heterocycles. The molecule has 2 unspecified atom stereocenters. The fraction of sp³-hybridized carbons (Fsp3) is 0.643. The van der Waals surface area contributed by atoms with Gasteiger partial charge in [-0.1, -0.05) is 6.92 Å². The monoisotopic (exact) mass is 265 g/mol. The molecule has 0 aromatic carbocycles. The molecule has 0 amide bonds. The molecule has 1 aliphatic rings. The fourth-order valence-electron chi connectivity index (χ4n) is 2.45. The number of aliphatic hydroxyl groups excluding tert-OH is 1. The minimum atomic E-state index is -0.536. The van der Waals surface area contributed by atoms with Crippen molar-refractivity contribution >= 4 is 5.69 Å². The normalized spacial score (nSPS) is 22.3. The molecule has 1 aliphatic heterocycles. The van der Waals surface area contributed by atoms with Crippen molar-refractivity contribution in [1.82, 2.24) is 9.88 Å². The number of aliphatic hydroxyl groups is 1. The summed E-state index contributed by atoms with van der Waals surface area (Å²) in [6.45, 7) is 5.64. The highest BCUT2D eigenvalue weighted by atomic mass is 16.5. The number of hydrogen-bond acceptors (Lipinski definition) is 5.